The SMILES string of the molecule is Cc1sc2nc(CCc3ccccc3)nc(N3CCN(C(=O)Cc4ccc(F)cc4)CC3)c2c1C. The van der Waals surface area contributed by atoms with E-state index in [-0.39, 0.29) is 11.7 Å². The third kappa shape index (κ3) is 5.20. The average Bonchev–Trinajstić information content (AvgIpc) is 3.17. The van der Waals surface area contributed by atoms with E-state index in [9.17, 15) is 9.18 Å². The largest absolute Gasteiger partial charge is 0.352 e. The highest BCUT2D eigenvalue weighted by Crippen LogP contribution is 2.35. The van der Waals surface area contributed by atoms with Gasteiger partial charge in [0.2, 0.25) is 5.91 Å². The van der Waals surface area contributed by atoms with Gasteiger partial charge >= 0.3 is 0 Å². The second kappa shape index (κ2) is 10.1. The van der Waals surface area contributed by atoms with Crippen LogP contribution in [0.5, 0.6) is 0 Å². The van der Waals surface area contributed by atoms with Crippen LogP contribution in [0.2, 0.25) is 0 Å². The summed E-state index contributed by atoms with van der Waals surface area (Å²) in [4.78, 5) is 29.3. The fourth-order valence-corrected chi connectivity index (χ4v) is 5.61. The zero-order valence-corrected chi connectivity index (χ0v) is 20.9. The number of hydrogen-bond donors (Lipinski definition) is 0. The lowest BCUT2D eigenvalue weighted by molar-refractivity contribution is -0.130. The number of nitrogens with zero attached hydrogens (tertiary/aromatic N) is 4. The fourth-order valence-electron chi connectivity index (χ4n) is 4.57. The summed E-state index contributed by atoms with van der Waals surface area (Å²) in [6, 6.07) is 16.6. The van der Waals surface area contributed by atoms with Gasteiger partial charge in [0, 0.05) is 37.5 Å². The first kappa shape index (κ1) is 23.4. The number of benzene rings is 2. The number of anilines is 1. The number of piperazine rings is 1. The molecule has 1 aliphatic rings. The van der Waals surface area contributed by atoms with Gasteiger partial charge in [0.15, 0.2) is 0 Å². The number of carbonyl (C=O) groups is 1. The molecule has 2 aromatic heterocycles. The minimum absolute atomic E-state index is 0.0789. The monoisotopic (exact) mass is 488 g/mol. The van der Waals surface area contributed by atoms with E-state index in [1.54, 1.807) is 23.5 Å². The molecule has 0 atom stereocenters. The van der Waals surface area contributed by atoms with E-state index < -0.39 is 0 Å². The maximum Gasteiger partial charge on any atom is 0.227 e. The summed E-state index contributed by atoms with van der Waals surface area (Å²) in [7, 11) is 0. The van der Waals surface area contributed by atoms with E-state index in [4.69, 9.17) is 9.97 Å². The quantitative estimate of drug-likeness (QED) is 0.378. The van der Waals surface area contributed by atoms with E-state index >= 15 is 0 Å². The van der Waals surface area contributed by atoms with Crippen molar-refractivity contribution in [1.82, 2.24) is 14.9 Å². The zero-order chi connectivity index (χ0) is 24.4. The second-order valence-corrected chi connectivity index (χ2v) is 10.3. The highest BCUT2D eigenvalue weighted by molar-refractivity contribution is 7.18. The van der Waals surface area contributed by atoms with Gasteiger partial charge in [0.25, 0.3) is 0 Å². The van der Waals surface area contributed by atoms with Crippen molar-refractivity contribution in [3.8, 4) is 0 Å². The summed E-state index contributed by atoms with van der Waals surface area (Å²) in [5.74, 6) is 1.65. The van der Waals surface area contributed by atoms with E-state index in [1.807, 2.05) is 11.0 Å². The third-order valence-electron chi connectivity index (χ3n) is 6.74. The van der Waals surface area contributed by atoms with Crippen LogP contribution < -0.4 is 4.90 Å². The molecule has 1 fully saturated rings. The van der Waals surface area contributed by atoms with Crippen LogP contribution in [0.4, 0.5) is 10.2 Å². The standard InChI is InChI=1S/C28H29FN4OS/c1-19-20(2)35-28-26(19)27(30-24(31-28)13-10-21-6-4-3-5-7-21)33-16-14-32(15-17-33)25(34)18-22-8-11-23(29)12-9-22/h3-9,11-12H,10,13-18H2,1-2H3. The van der Waals surface area contributed by atoms with Crippen molar-refractivity contribution < 1.29 is 9.18 Å². The number of rotatable bonds is 6. The molecule has 0 unspecified atom stereocenters. The van der Waals surface area contributed by atoms with Crippen molar-refractivity contribution in [3.63, 3.8) is 0 Å². The number of fused-ring (bicyclic) bond motifs is 1. The van der Waals surface area contributed by atoms with Crippen molar-refractivity contribution in [1.29, 1.82) is 0 Å². The Kier molecular flexibility index (Phi) is 6.77. The molecule has 1 amide bonds. The Hall–Kier alpha value is -3.32. The Morgan fingerprint density at radius 2 is 1.63 bits per heavy atom. The van der Waals surface area contributed by atoms with Crippen LogP contribution >= 0.6 is 11.3 Å². The van der Waals surface area contributed by atoms with Crippen molar-refractivity contribution >= 4 is 33.3 Å². The van der Waals surface area contributed by atoms with Gasteiger partial charge in [-0.25, -0.2) is 14.4 Å². The maximum atomic E-state index is 13.2. The van der Waals surface area contributed by atoms with Crippen LogP contribution in [0.3, 0.4) is 0 Å². The van der Waals surface area contributed by atoms with Crippen molar-refractivity contribution in [3.05, 3.63) is 87.8 Å². The Balaban J connectivity index is 1.32. The topological polar surface area (TPSA) is 49.3 Å². The Morgan fingerprint density at radius 3 is 2.34 bits per heavy atom. The van der Waals surface area contributed by atoms with Gasteiger partial charge in [-0.3, -0.25) is 4.79 Å². The van der Waals surface area contributed by atoms with Crippen LogP contribution in [0.25, 0.3) is 10.2 Å². The summed E-state index contributed by atoms with van der Waals surface area (Å²) in [6.45, 7) is 7.04. The lowest BCUT2D eigenvalue weighted by Crippen LogP contribution is -2.49. The molecule has 1 saturated heterocycles. The molecule has 2 aromatic carbocycles. The molecular weight excluding hydrogens is 459 g/mol. The molecule has 7 heteroatoms. The summed E-state index contributed by atoms with van der Waals surface area (Å²) >= 11 is 1.73. The molecule has 180 valence electrons. The lowest BCUT2D eigenvalue weighted by atomic mass is 10.1. The van der Waals surface area contributed by atoms with Gasteiger partial charge in [-0.1, -0.05) is 42.5 Å². The lowest BCUT2D eigenvalue weighted by Gasteiger charge is -2.36. The summed E-state index contributed by atoms with van der Waals surface area (Å²) in [5.41, 5.74) is 3.36. The van der Waals surface area contributed by atoms with E-state index in [2.05, 4.69) is 43.0 Å². The molecule has 0 saturated carbocycles. The van der Waals surface area contributed by atoms with E-state index in [1.165, 1.54) is 28.1 Å². The molecule has 4 aromatic rings. The molecule has 0 bridgehead atoms. The molecule has 1 aliphatic heterocycles. The van der Waals surface area contributed by atoms with Crippen LogP contribution in [0.15, 0.2) is 54.6 Å². The highest BCUT2D eigenvalue weighted by Gasteiger charge is 2.25. The van der Waals surface area contributed by atoms with Crippen molar-refractivity contribution in [2.24, 2.45) is 0 Å². The minimum atomic E-state index is -0.284. The number of hydrogen-bond acceptors (Lipinski definition) is 5. The molecule has 0 aliphatic carbocycles. The predicted octanol–water partition coefficient (Wildman–Crippen LogP) is 5.12. The minimum Gasteiger partial charge on any atom is -0.352 e. The number of carbonyl (C=O) groups excluding carboxylic acids is 1. The molecular formula is C28H29FN4OS. The first-order valence-electron chi connectivity index (χ1n) is 12.1. The molecule has 0 N–H and O–H groups in total. The normalized spacial score (nSPS) is 14.0. The fraction of sp³-hybridized carbons (Fsp3) is 0.321. The summed E-state index contributed by atoms with van der Waals surface area (Å²) < 4.78 is 13.2. The number of aromatic nitrogens is 2. The van der Waals surface area contributed by atoms with Gasteiger partial charge in [0.1, 0.15) is 22.3 Å². The van der Waals surface area contributed by atoms with Crippen molar-refractivity contribution in [2.45, 2.75) is 33.1 Å². The predicted molar refractivity (Wildman–Crippen MR) is 140 cm³/mol. The molecule has 5 rings (SSSR count). The molecule has 3 heterocycles. The molecule has 5 nitrogen and oxygen atoms in total. The van der Waals surface area contributed by atoms with Gasteiger partial charge in [-0.2, -0.15) is 0 Å². The molecule has 0 radical (unpaired) electrons. The average molecular weight is 489 g/mol. The van der Waals surface area contributed by atoms with Gasteiger partial charge in [0.05, 0.1) is 11.8 Å². The van der Waals surface area contributed by atoms with E-state index in [0.717, 1.165) is 53.4 Å². The highest BCUT2D eigenvalue weighted by atomic mass is 32.1. The van der Waals surface area contributed by atoms with Crippen LogP contribution in [0.1, 0.15) is 27.4 Å². The summed E-state index contributed by atoms with van der Waals surface area (Å²) in [5, 5.41) is 1.14. The molecule has 35 heavy (non-hydrogen) atoms. The number of thiophene rings is 1. The number of amides is 1. The zero-order valence-electron chi connectivity index (χ0n) is 20.1. The van der Waals surface area contributed by atoms with Crippen molar-refractivity contribution in [2.75, 3.05) is 31.1 Å². The van der Waals surface area contributed by atoms with Crippen LogP contribution in [-0.4, -0.2) is 47.0 Å². The first-order valence-corrected chi connectivity index (χ1v) is 12.9. The van der Waals surface area contributed by atoms with Gasteiger partial charge in [-0.05, 0) is 49.1 Å². The summed E-state index contributed by atoms with van der Waals surface area (Å²) in [6.07, 6.45) is 1.99. The Labute approximate surface area is 209 Å². The number of halogens is 1. The van der Waals surface area contributed by atoms with E-state index in [0.29, 0.717) is 19.5 Å². The van der Waals surface area contributed by atoms with Gasteiger partial charge < -0.3 is 9.80 Å². The van der Waals surface area contributed by atoms with Gasteiger partial charge in [-0.15, -0.1) is 11.3 Å². The first-order chi connectivity index (χ1) is 17.0. The Morgan fingerprint density at radius 1 is 0.914 bits per heavy atom. The molecule has 0 spiro atoms. The Bertz CT molecular complexity index is 1330. The second-order valence-electron chi connectivity index (χ2n) is 9.08. The smallest absolute Gasteiger partial charge is 0.227 e. The third-order valence-corrected chi connectivity index (χ3v) is 7.84. The van der Waals surface area contributed by atoms with Crippen LogP contribution in [-0.2, 0) is 24.1 Å². The van der Waals surface area contributed by atoms with Crippen LogP contribution in [0, 0.1) is 19.7 Å². The number of aryl methyl sites for hydroxylation is 4. The maximum absolute atomic E-state index is 13.2.